The van der Waals surface area contributed by atoms with Crippen molar-refractivity contribution in [3.8, 4) is 11.5 Å². The molecular weight excluding hydrogens is 496 g/mol. The third-order valence-corrected chi connectivity index (χ3v) is 6.76. The van der Waals surface area contributed by atoms with Crippen LogP contribution >= 0.6 is 0 Å². The van der Waals surface area contributed by atoms with E-state index in [0.717, 1.165) is 16.9 Å². The molecule has 5 atom stereocenters. The third kappa shape index (κ3) is 5.48. The first-order valence-corrected chi connectivity index (χ1v) is 12.5. The summed E-state index contributed by atoms with van der Waals surface area (Å²) in [5.41, 5.74) is 2.35. The lowest BCUT2D eigenvalue weighted by molar-refractivity contribution is -0.364. The highest BCUT2D eigenvalue weighted by Crippen LogP contribution is 2.34. The van der Waals surface area contributed by atoms with Crippen molar-refractivity contribution in [2.24, 2.45) is 0 Å². The van der Waals surface area contributed by atoms with Gasteiger partial charge in [-0.2, -0.15) is 4.89 Å². The molecule has 2 aromatic carbocycles. The van der Waals surface area contributed by atoms with E-state index in [0.29, 0.717) is 30.4 Å². The zero-order chi connectivity index (χ0) is 27.4. The monoisotopic (exact) mass is 530 g/mol. The molecule has 4 N–H and O–H groups in total. The first-order valence-electron chi connectivity index (χ1n) is 12.5. The number of aliphatic hydroxyl groups excluding tert-OH is 4. The minimum atomic E-state index is -1.66. The fraction of sp³-hybridized carbons (Fsp3) is 0.444. The van der Waals surface area contributed by atoms with Crippen LogP contribution in [0, 0.1) is 0 Å². The molecule has 0 saturated carbocycles. The van der Waals surface area contributed by atoms with Crippen LogP contribution in [0.1, 0.15) is 25.0 Å². The second-order valence-corrected chi connectivity index (χ2v) is 9.03. The van der Waals surface area contributed by atoms with Crippen LogP contribution in [-0.4, -0.2) is 93.4 Å². The van der Waals surface area contributed by atoms with Crippen LogP contribution in [-0.2, 0) is 16.0 Å². The van der Waals surface area contributed by atoms with Crippen molar-refractivity contribution < 1.29 is 44.5 Å². The van der Waals surface area contributed by atoms with Crippen molar-refractivity contribution in [1.29, 1.82) is 0 Å². The van der Waals surface area contributed by atoms with E-state index in [1.807, 2.05) is 38.1 Å². The summed E-state index contributed by atoms with van der Waals surface area (Å²) in [5, 5.41) is 40.7. The summed E-state index contributed by atoms with van der Waals surface area (Å²) in [4.78, 5) is 26.0. The zero-order valence-electron chi connectivity index (χ0n) is 21.6. The molecule has 1 aromatic heterocycles. The second-order valence-electron chi connectivity index (χ2n) is 9.03. The van der Waals surface area contributed by atoms with E-state index in [4.69, 9.17) is 19.2 Å². The Hall–Kier alpha value is -3.19. The number of hydrogen-bond acceptors (Lipinski definition) is 9. The molecule has 0 aliphatic carbocycles. The van der Waals surface area contributed by atoms with Gasteiger partial charge >= 0.3 is 6.03 Å². The number of aliphatic hydroxyl groups is 4. The molecule has 11 heteroatoms. The number of carbonyl (C=O) groups is 1. The number of aromatic nitrogens is 1. The average molecular weight is 531 g/mol. The summed E-state index contributed by atoms with van der Waals surface area (Å²) in [6.07, 6.45) is -5.11. The van der Waals surface area contributed by atoms with Gasteiger partial charge in [-0.15, -0.1) is 0 Å². The average Bonchev–Trinajstić information content (AvgIpc) is 3.30. The molecule has 2 heterocycles. The van der Waals surface area contributed by atoms with Crippen molar-refractivity contribution in [1.82, 2.24) is 9.47 Å². The van der Waals surface area contributed by atoms with Gasteiger partial charge in [-0.25, -0.2) is 4.79 Å². The maximum Gasteiger partial charge on any atom is 0.328 e. The first-order chi connectivity index (χ1) is 18.3. The quantitative estimate of drug-likeness (QED) is 0.240. The predicted molar refractivity (Wildman–Crippen MR) is 137 cm³/mol. The predicted octanol–water partition coefficient (Wildman–Crippen LogP) is 1.66. The number of hydrogen-bond donors (Lipinski definition) is 4. The molecule has 0 bridgehead atoms. The van der Waals surface area contributed by atoms with Gasteiger partial charge < -0.3 is 39.7 Å². The summed E-state index contributed by atoms with van der Waals surface area (Å²) >= 11 is 0. The van der Waals surface area contributed by atoms with Crippen molar-refractivity contribution in [3.05, 3.63) is 59.8 Å². The van der Waals surface area contributed by atoms with Crippen molar-refractivity contribution >= 4 is 16.9 Å². The summed E-state index contributed by atoms with van der Waals surface area (Å²) in [5.74, 6) is 0.970. The van der Waals surface area contributed by atoms with Gasteiger partial charge in [0.15, 0.2) is 18.1 Å². The van der Waals surface area contributed by atoms with Gasteiger partial charge in [0.05, 0.1) is 19.2 Å². The topological polar surface area (TPSA) is 143 Å². The highest BCUT2D eigenvalue weighted by molar-refractivity contribution is 5.97. The molecule has 3 aromatic rings. The Labute approximate surface area is 220 Å². The second kappa shape index (κ2) is 12.1. The Morgan fingerprint density at radius 1 is 1.05 bits per heavy atom. The highest BCUT2D eigenvalue weighted by atomic mass is 17.2. The van der Waals surface area contributed by atoms with Crippen molar-refractivity contribution in [3.63, 3.8) is 0 Å². The maximum atomic E-state index is 13.3. The summed E-state index contributed by atoms with van der Waals surface area (Å²) in [6.45, 7) is 4.30. The normalized spacial score (nSPS) is 23.4. The van der Waals surface area contributed by atoms with Gasteiger partial charge in [-0.3, -0.25) is 4.57 Å². The van der Waals surface area contributed by atoms with Crippen LogP contribution in [0.3, 0.4) is 0 Å². The van der Waals surface area contributed by atoms with Crippen LogP contribution in [0.4, 0.5) is 4.79 Å². The first kappa shape index (κ1) is 27.8. The van der Waals surface area contributed by atoms with Gasteiger partial charge in [-0.1, -0.05) is 18.2 Å². The lowest BCUT2D eigenvalue weighted by Crippen LogP contribution is -2.59. The Bertz CT molecular complexity index is 1230. The van der Waals surface area contributed by atoms with Gasteiger partial charge in [0, 0.05) is 24.7 Å². The molecule has 11 nitrogen and oxygen atoms in total. The van der Waals surface area contributed by atoms with Crippen molar-refractivity contribution in [2.75, 3.05) is 26.8 Å². The molecule has 0 radical (unpaired) electrons. The maximum absolute atomic E-state index is 13.3. The summed E-state index contributed by atoms with van der Waals surface area (Å²) in [7, 11) is 1.60. The summed E-state index contributed by atoms with van der Waals surface area (Å²) in [6, 6.07) is 12.5. The fourth-order valence-electron chi connectivity index (χ4n) is 4.59. The van der Waals surface area contributed by atoms with Gasteiger partial charge in [-0.05, 0) is 55.7 Å². The van der Waals surface area contributed by atoms with Gasteiger partial charge in [0.25, 0.3) is 0 Å². The van der Waals surface area contributed by atoms with Gasteiger partial charge in [0.1, 0.15) is 24.1 Å². The number of rotatable bonds is 9. The molecule has 1 fully saturated rings. The standard InChI is InChI=1S/C27H34N2O9/c1-4-28(5-2)27(34)29-14-17(13-16-9-11-18(35-3)12-10-16)22-19(29)7-6-8-20(22)37-38-25-24(32)23(31)21(15-30)36-26(25)33/h6-12,14,21,23-26,30-33H,4-5,13,15H2,1-3H3/t21-,23-,24+,25-,26-/m1/s1. The van der Waals surface area contributed by atoms with Gasteiger partial charge in [0.2, 0.25) is 0 Å². The van der Waals surface area contributed by atoms with Crippen LogP contribution in [0.15, 0.2) is 48.7 Å². The highest BCUT2D eigenvalue weighted by Gasteiger charge is 2.45. The Morgan fingerprint density at radius 2 is 1.76 bits per heavy atom. The minimum Gasteiger partial charge on any atom is -0.497 e. The van der Waals surface area contributed by atoms with E-state index in [1.165, 1.54) is 0 Å². The smallest absolute Gasteiger partial charge is 0.328 e. The lowest BCUT2D eigenvalue weighted by Gasteiger charge is -2.38. The largest absolute Gasteiger partial charge is 0.497 e. The van der Waals surface area contributed by atoms with Crippen LogP contribution in [0.2, 0.25) is 0 Å². The molecule has 0 unspecified atom stereocenters. The SMILES string of the molecule is CCN(CC)C(=O)n1cc(Cc2ccc(OC)cc2)c2c(OO[C@@H]3[C@@H](O)[C@H](O)[C@@H](CO)O[C@H]3O)cccc21. The van der Waals surface area contributed by atoms with E-state index >= 15 is 0 Å². The Kier molecular flexibility index (Phi) is 8.87. The lowest BCUT2D eigenvalue weighted by atomic mass is 9.99. The number of benzene rings is 2. The molecule has 1 aliphatic heterocycles. The van der Waals surface area contributed by atoms with E-state index in [2.05, 4.69) is 0 Å². The van der Waals surface area contributed by atoms with Crippen LogP contribution in [0.5, 0.6) is 11.5 Å². The molecule has 38 heavy (non-hydrogen) atoms. The van der Waals surface area contributed by atoms with Crippen LogP contribution < -0.4 is 9.62 Å². The van der Waals surface area contributed by atoms with E-state index in [1.54, 1.807) is 41.0 Å². The van der Waals surface area contributed by atoms with E-state index < -0.39 is 37.3 Å². The van der Waals surface area contributed by atoms with E-state index in [9.17, 15) is 25.2 Å². The number of fused-ring (bicyclic) bond motifs is 1. The Balaban J connectivity index is 1.70. The third-order valence-electron chi connectivity index (χ3n) is 6.76. The minimum absolute atomic E-state index is 0.191. The van der Waals surface area contributed by atoms with Crippen LogP contribution in [0.25, 0.3) is 10.9 Å². The molecule has 4 rings (SSSR count). The number of amides is 1. The number of ether oxygens (including phenoxy) is 2. The molecule has 1 saturated heterocycles. The molecule has 1 aliphatic rings. The number of methoxy groups -OCH3 is 1. The zero-order valence-corrected chi connectivity index (χ0v) is 21.6. The molecular formula is C27H34N2O9. The molecule has 0 spiro atoms. The van der Waals surface area contributed by atoms with E-state index in [-0.39, 0.29) is 11.8 Å². The Morgan fingerprint density at radius 3 is 2.39 bits per heavy atom. The number of nitrogens with zero attached hydrogens (tertiary/aromatic N) is 2. The fourth-order valence-corrected chi connectivity index (χ4v) is 4.59. The molecule has 206 valence electrons. The summed E-state index contributed by atoms with van der Waals surface area (Å²) < 4.78 is 12.0. The number of carbonyl (C=O) groups excluding carboxylic acids is 1. The molecule has 1 amide bonds. The van der Waals surface area contributed by atoms with Crippen molar-refractivity contribution in [2.45, 2.75) is 51.0 Å².